The molecule has 3 rings (SSSR count). The molecule has 15 heavy (non-hydrogen) atoms. The Morgan fingerprint density at radius 1 is 0.867 bits per heavy atom. The minimum atomic E-state index is 0.869. The van der Waals surface area contributed by atoms with Gasteiger partial charge in [-0.2, -0.15) is 0 Å². The van der Waals surface area contributed by atoms with Gasteiger partial charge in [0.25, 0.3) is 0 Å². The number of hydrogen-bond acceptors (Lipinski definition) is 1. The molecule has 3 unspecified atom stereocenters. The van der Waals surface area contributed by atoms with E-state index >= 15 is 0 Å². The predicted octanol–water partition coefficient (Wildman–Crippen LogP) is 3.34. The zero-order chi connectivity index (χ0) is 10.3. The first-order valence-corrected chi connectivity index (χ1v) is 7.09. The van der Waals surface area contributed by atoms with Crippen molar-refractivity contribution in [1.82, 2.24) is 5.32 Å². The molecule has 0 radical (unpaired) electrons. The van der Waals surface area contributed by atoms with Crippen molar-refractivity contribution in [3.05, 3.63) is 0 Å². The van der Waals surface area contributed by atoms with E-state index in [0.29, 0.717) is 0 Å². The Hall–Kier alpha value is -0.0400. The standard InChI is InChI=1S/C14H25N/c1-10-4-2-6-13-9-12(10)8-11-5-3-7-14(11)15-13/h10-15H,2-9H2,1H3/t10-,11?,12?,13-,14?/m1/s1. The molecular weight excluding hydrogens is 182 g/mol. The van der Waals surface area contributed by atoms with Gasteiger partial charge in [0.1, 0.15) is 0 Å². The summed E-state index contributed by atoms with van der Waals surface area (Å²) in [5, 5.41) is 3.97. The maximum Gasteiger partial charge on any atom is 0.00980 e. The van der Waals surface area contributed by atoms with Gasteiger partial charge in [-0.15, -0.1) is 0 Å². The lowest BCUT2D eigenvalue weighted by atomic mass is 9.82. The molecule has 0 amide bonds. The molecular formula is C14H25N. The molecule has 5 atom stereocenters. The molecule has 1 heterocycles. The maximum absolute atomic E-state index is 3.97. The van der Waals surface area contributed by atoms with Gasteiger partial charge in [0.15, 0.2) is 0 Å². The van der Waals surface area contributed by atoms with E-state index in [0.717, 1.165) is 29.8 Å². The van der Waals surface area contributed by atoms with Crippen LogP contribution in [0.1, 0.15) is 58.3 Å². The van der Waals surface area contributed by atoms with Gasteiger partial charge in [-0.3, -0.25) is 0 Å². The molecule has 86 valence electrons. The van der Waals surface area contributed by atoms with Gasteiger partial charge < -0.3 is 5.32 Å². The van der Waals surface area contributed by atoms with Gasteiger partial charge in [0.2, 0.25) is 0 Å². The fourth-order valence-corrected chi connectivity index (χ4v) is 4.35. The van der Waals surface area contributed by atoms with E-state index in [2.05, 4.69) is 12.2 Å². The van der Waals surface area contributed by atoms with Gasteiger partial charge in [-0.1, -0.05) is 26.2 Å². The Labute approximate surface area is 94.0 Å². The van der Waals surface area contributed by atoms with E-state index < -0.39 is 0 Å². The SMILES string of the molecule is C[C@@H]1CCC[C@@H]2CC1CC1CCCC1N2. The van der Waals surface area contributed by atoms with Crippen molar-refractivity contribution in [3.8, 4) is 0 Å². The average Bonchev–Trinajstić information content (AvgIpc) is 2.48. The summed E-state index contributed by atoms with van der Waals surface area (Å²) in [6.45, 7) is 2.50. The van der Waals surface area contributed by atoms with Crippen LogP contribution < -0.4 is 5.32 Å². The van der Waals surface area contributed by atoms with E-state index in [4.69, 9.17) is 0 Å². The Balaban J connectivity index is 1.78. The predicted molar refractivity (Wildman–Crippen MR) is 63.8 cm³/mol. The number of rotatable bonds is 0. The average molecular weight is 207 g/mol. The van der Waals surface area contributed by atoms with Crippen molar-refractivity contribution in [3.63, 3.8) is 0 Å². The van der Waals surface area contributed by atoms with Crippen molar-refractivity contribution in [2.75, 3.05) is 0 Å². The second-order valence-corrected chi connectivity index (χ2v) is 6.30. The summed E-state index contributed by atoms with van der Waals surface area (Å²) in [4.78, 5) is 0. The highest BCUT2D eigenvalue weighted by molar-refractivity contribution is 4.93. The molecule has 0 aromatic carbocycles. The molecule has 1 saturated heterocycles. The van der Waals surface area contributed by atoms with Crippen molar-refractivity contribution < 1.29 is 0 Å². The highest BCUT2D eigenvalue weighted by atomic mass is 15.0. The molecule has 3 aliphatic rings. The van der Waals surface area contributed by atoms with Crippen molar-refractivity contribution in [1.29, 1.82) is 0 Å². The number of hydrogen-bond donors (Lipinski definition) is 1. The van der Waals surface area contributed by atoms with Crippen LogP contribution in [0, 0.1) is 17.8 Å². The summed E-state index contributed by atoms with van der Waals surface area (Å²) in [6.07, 6.45) is 11.9. The smallest absolute Gasteiger partial charge is 0.00980 e. The Morgan fingerprint density at radius 2 is 1.73 bits per heavy atom. The molecule has 0 aromatic heterocycles. The molecule has 0 aromatic rings. The highest BCUT2D eigenvalue weighted by Gasteiger charge is 2.37. The van der Waals surface area contributed by atoms with Crippen LogP contribution in [0.4, 0.5) is 0 Å². The Morgan fingerprint density at radius 3 is 2.67 bits per heavy atom. The molecule has 2 saturated carbocycles. The molecule has 1 heteroatoms. The monoisotopic (exact) mass is 207 g/mol. The van der Waals surface area contributed by atoms with E-state index in [1.807, 2.05) is 0 Å². The maximum atomic E-state index is 3.97. The minimum absolute atomic E-state index is 0.869. The van der Waals surface area contributed by atoms with E-state index in [9.17, 15) is 0 Å². The zero-order valence-electron chi connectivity index (χ0n) is 10.0. The summed E-state index contributed by atoms with van der Waals surface area (Å²) in [5.41, 5.74) is 0. The topological polar surface area (TPSA) is 12.0 Å². The molecule has 0 spiro atoms. The van der Waals surface area contributed by atoms with Crippen LogP contribution in [-0.2, 0) is 0 Å². The van der Waals surface area contributed by atoms with Crippen LogP contribution in [0.15, 0.2) is 0 Å². The first-order chi connectivity index (χ1) is 7.33. The van der Waals surface area contributed by atoms with Crippen LogP contribution in [-0.4, -0.2) is 12.1 Å². The van der Waals surface area contributed by atoms with Crippen LogP contribution in [0.25, 0.3) is 0 Å². The van der Waals surface area contributed by atoms with Gasteiger partial charge in [-0.25, -0.2) is 0 Å². The van der Waals surface area contributed by atoms with Crippen LogP contribution in [0.5, 0.6) is 0 Å². The van der Waals surface area contributed by atoms with Crippen LogP contribution in [0.3, 0.4) is 0 Å². The van der Waals surface area contributed by atoms with Crippen LogP contribution in [0.2, 0.25) is 0 Å². The van der Waals surface area contributed by atoms with Crippen molar-refractivity contribution >= 4 is 0 Å². The van der Waals surface area contributed by atoms with E-state index in [1.54, 1.807) is 0 Å². The quantitative estimate of drug-likeness (QED) is 0.642. The van der Waals surface area contributed by atoms with Crippen LogP contribution >= 0.6 is 0 Å². The summed E-state index contributed by atoms with van der Waals surface area (Å²) in [5.74, 6) is 3.06. The molecule has 2 aliphatic carbocycles. The summed E-state index contributed by atoms with van der Waals surface area (Å²) in [7, 11) is 0. The van der Waals surface area contributed by atoms with Gasteiger partial charge >= 0.3 is 0 Å². The lowest BCUT2D eigenvalue weighted by Crippen LogP contribution is -2.38. The normalized spacial score (nSPS) is 50.6. The fourth-order valence-electron chi connectivity index (χ4n) is 4.35. The minimum Gasteiger partial charge on any atom is -0.311 e. The first-order valence-electron chi connectivity index (χ1n) is 7.09. The lowest BCUT2D eigenvalue weighted by molar-refractivity contribution is 0.276. The fraction of sp³-hybridized carbons (Fsp3) is 1.00. The van der Waals surface area contributed by atoms with Crippen molar-refractivity contribution in [2.45, 2.75) is 70.4 Å². The number of fused-ring (bicyclic) bond motifs is 3. The molecule has 1 N–H and O–H groups in total. The largest absolute Gasteiger partial charge is 0.311 e. The summed E-state index contributed by atoms with van der Waals surface area (Å²) >= 11 is 0. The Bertz CT molecular complexity index is 223. The van der Waals surface area contributed by atoms with Crippen molar-refractivity contribution in [2.24, 2.45) is 17.8 Å². The molecule has 1 aliphatic heterocycles. The third-order valence-corrected chi connectivity index (χ3v) is 5.32. The summed E-state index contributed by atoms with van der Waals surface area (Å²) < 4.78 is 0. The molecule has 2 bridgehead atoms. The number of nitrogens with one attached hydrogen (secondary N) is 1. The zero-order valence-corrected chi connectivity index (χ0v) is 10.0. The molecule has 1 nitrogen and oxygen atoms in total. The molecule has 3 fully saturated rings. The van der Waals surface area contributed by atoms with Gasteiger partial charge in [0.05, 0.1) is 0 Å². The van der Waals surface area contributed by atoms with E-state index in [-0.39, 0.29) is 0 Å². The lowest BCUT2D eigenvalue weighted by Gasteiger charge is -2.24. The second kappa shape index (κ2) is 4.08. The highest BCUT2D eigenvalue weighted by Crippen LogP contribution is 2.41. The first kappa shape index (κ1) is 10.1. The second-order valence-electron chi connectivity index (χ2n) is 6.30. The van der Waals surface area contributed by atoms with Gasteiger partial charge in [0, 0.05) is 12.1 Å². The van der Waals surface area contributed by atoms with E-state index in [1.165, 1.54) is 51.4 Å². The third-order valence-electron chi connectivity index (χ3n) is 5.32. The Kier molecular flexibility index (Phi) is 2.76. The third kappa shape index (κ3) is 1.95. The summed E-state index contributed by atoms with van der Waals surface area (Å²) in [6, 6.07) is 1.76. The van der Waals surface area contributed by atoms with Gasteiger partial charge in [-0.05, 0) is 49.9 Å².